The molecular formula is C18H16N4O2S. The van der Waals surface area contributed by atoms with E-state index < -0.39 is 0 Å². The van der Waals surface area contributed by atoms with Crippen molar-refractivity contribution in [3.05, 3.63) is 53.5 Å². The third-order valence-electron chi connectivity index (χ3n) is 4.09. The SMILES string of the molecule is O=C(Nc1nc(-c2ccc[nH]2)cs1)c1cccc(N2CCCC2=O)c1. The number of aromatic amines is 1. The largest absolute Gasteiger partial charge is 0.360 e. The van der Waals surface area contributed by atoms with Crippen LogP contribution in [0.1, 0.15) is 23.2 Å². The molecule has 2 N–H and O–H groups in total. The average Bonchev–Trinajstić information content (AvgIpc) is 3.36. The second-order valence-electron chi connectivity index (χ2n) is 5.78. The summed E-state index contributed by atoms with van der Waals surface area (Å²) >= 11 is 1.37. The van der Waals surface area contributed by atoms with Gasteiger partial charge in [0, 0.05) is 35.8 Å². The van der Waals surface area contributed by atoms with E-state index in [-0.39, 0.29) is 11.8 Å². The molecule has 3 aromatic rings. The number of benzene rings is 1. The van der Waals surface area contributed by atoms with Crippen molar-refractivity contribution in [2.75, 3.05) is 16.8 Å². The Morgan fingerprint density at radius 3 is 2.96 bits per heavy atom. The minimum Gasteiger partial charge on any atom is -0.360 e. The average molecular weight is 352 g/mol. The van der Waals surface area contributed by atoms with Crippen molar-refractivity contribution in [3.63, 3.8) is 0 Å². The fourth-order valence-electron chi connectivity index (χ4n) is 2.85. The monoisotopic (exact) mass is 352 g/mol. The molecule has 0 saturated carbocycles. The van der Waals surface area contributed by atoms with Gasteiger partial charge >= 0.3 is 0 Å². The van der Waals surface area contributed by atoms with Crippen LogP contribution in [-0.4, -0.2) is 28.3 Å². The number of hydrogen-bond acceptors (Lipinski definition) is 4. The number of aromatic nitrogens is 2. The van der Waals surface area contributed by atoms with E-state index >= 15 is 0 Å². The third-order valence-corrected chi connectivity index (χ3v) is 4.85. The van der Waals surface area contributed by atoms with Gasteiger partial charge in [0.15, 0.2) is 5.13 Å². The van der Waals surface area contributed by atoms with Gasteiger partial charge in [0.05, 0.1) is 11.4 Å². The van der Waals surface area contributed by atoms with Gasteiger partial charge in [-0.25, -0.2) is 4.98 Å². The number of anilines is 2. The highest BCUT2D eigenvalue weighted by Gasteiger charge is 2.22. The maximum atomic E-state index is 12.5. The number of carbonyl (C=O) groups excluding carboxylic acids is 2. The van der Waals surface area contributed by atoms with E-state index in [1.807, 2.05) is 29.8 Å². The molecule has 6 nitrogen and oxygen atoms in total. The Morgan fingerprint density at radius 1 is 1.28 bits per heavy atom. The zero-order valence-electron chi connectivity index (χ0n) is 13.4. The summed E-state index contributed by atoms with van der Waals surface area (Å²) in [7, 11) is 0. The molecule has 2 amide bonds. The second-order valence-corrected chi connectivity index (χ2v) is 6.63. The van der Waals surface area contributed by atoms with Crippen LogP contribution in [0.5, 0.6) is 0 Å². The molecule has 2 aromatic heterocycles. The summed E-state index contributed by atoms with van der Waals surface area (Å²) in [5, 5.41) is 5.25. The highest BCUT2D eigenvalue weighted by atomic mass is 32.1. The van der Waals surface area contributed by atoms with Crippen LogP contribution < -0.4 is 10.2 Å². The lowest BCUT2D eigenvalue weighted by molar-refractivity contribution is -0.117. The topological polar surface area (TPSA) is 78.1 Å². The maximum Gasteiger partial charge on any atom is 0.257 e. The first kappa shape index (κ1) is 15.6. The molecule has 0 radical (unpaired) electrons. The Labute approximate surface area is 148 Å². The zero-order valence-corrected chi connectivity index (χ0v) is 14.2. The normalized spacial score (nSPS) is 14.1. The first-order valence-corrected chi connectivity index (χ1v) is 8.90. The summed E-state index contributed by atoms with van der Waals surface area (Å²) in [6.07, 6.45) is 3.25. The van der Waals surface area contributed by atoms with Crippen LogP contribution in [0, 0.1) is 0 Å². The zero-order chi connectivity index (χ0) is 17.2. The van der Waals surface area contributed by atoms with E-state index in [9.17, 15) is 9.59 Å². The number of hydrogen-bond donors (Lipinski definition) is 2. The smallest absolute Gasteiger partial charge is 0.257 e. The molecule has 0 bridgehead atoms. The first-order valence-electron chi connectivity index (χ1n) is 8.02. The van der Waals surface area contributed by atoms with Gasteiger partial charge in [-0.3, -0.25) is 14.9 Å². The molecular weight excluding hydrogens is 336 g/mol. The number of nitrogens with one attached hydrogen (secondary N) is 2. The molecule has 0 aliphatic carbocycles. The summed E-state index contributed by atoms with van der Waals surface area (Å²) in [6.45, 7) is 0.704. The summed E-state index contributed by atoms with van der Waals surface area (Å²) < 4.78 is 0. The molecule has 1 saturated heterocycles. The van der Waals surface area contributed by atoms with Gasteiger partial charge in [-0.1, -0.05) is 6.07 Å². The Hall–Kier alpha value is -2.93. The molecule has 1 aliphatic rings. The summed E-state index contributed by atoms with van der Waals surface area (Å²) in [4.78, 5) is 33.6. The molecule has 126 valence electrons. The van der Waals surface area contributed by atoms with Crippen molar-refractivity contribution in [2.45, 2.75) is 12.8 Å². The predicted molar refractivity (Wildman–Crippen MR) is 97.9 cm³/mol. The fraction of sp³-hybridized carbons (Fsp3) is 0.167. The van der Waals surface area contributed by atoms with E-state index in [2.05, 4.69) is 15.3 Å². The number of carbonyl (C=O) groups is 2. The Bertz CT molecular complexity index is 917. The van der Waals surface area contributed by atoms with Crippen molar-refractivity contribution in [3.8, 4) is 11.4 Å². The molecule has 1 aliphatic heterocycles. The van der Waals surface area contributed by atoms with Gasteiger partial charge < -0.3 is 9.88 Å². The number of amides is 2. The number of H-pyrrole nitrogens is 1. The summed E-state index contributed by atoms with van der Waals surface area (Å²) in [5.41, 5.74) is 2.98. The van der Waals surface area contributed by atoms with Gasteiger partial charge in [0.1, 0.15) is 0 Å². The van der Waals surface area contributed by atoms with Crippen molar-refractivity contribution < 1.29 is 9.59 Å². The molecule has 1 fully saturated rings. The van der Waals surface area contributed by atoms with Crippen LogP contribution >= 0.6 is 11.3 Å². The summed E-state index contributed by atoms with van der Waals surface area (Å²) in [5.74, 6) is -0.131. The van der Waals surface area contributed by atoms with Crippen LogP contribution in [-0.2, 0) is 4.79 Å². The van der Waals surface area contributed by atoms with Crippen molar-refractivity contribution >= 4 is 34.0 Å². The van der Waals surface area contributed by atoms with Gasteiger partial charge in [-0.05, 0) is 36.8 Å². The molecule has 1 aromatic carbocycles. The standard InChI is InChI=1S/C18H16N4O2S/c23-16-7-3-9-22(16)13-5-1-4-12(10-13)17(24)21-18-20-15(11-25-18)14-6-2-8-19-14/h1-2,4-6,8,10-11,19H,3,7,9H2,(H,20,21,24). The Balaban J connectivity index is 1.51. The van der Waals surface area contributed by atoms with Gasteiger partial charge in [0.2, 0.25) is 5.91 Å². The van der Waals surface area contributed by atoms with Crippen molar-refractivity contribution in [1.29, 1.82) is 0 Å². The molecule has 0 atom stereocenters. The number of thiazole rings is 1. The lowest BCUT2D eigenvalue weighted by Crippen LogP contribution is -2.24. The van der Waals surface area contributed by atoms with Crippen LogP contribution in [0.4, 0.5) is 10.8 Å². The second kappa shape index (κ2) is 6.52. The van der Waals surface area contributed by atoms with Gasteiger partial charge in [0.25, 0.3) is 5.91 Å². The maximum absolute atomic E-state index is 12.5. The van der Waals surface area contributed by atoms with Gasteiger partial charge in [-0.2, -0.15) is 0 Å². The highest BCUT2D eigenvalue weighted by molar-refractivity contribution is 7.14. The Morgan fingerprint density at radius 2 is 2.20 bits per heavy atom. The first-order chi connectivity index (χ1) is 12.2. The fourth-order valence-corrected chi connectivity index (χ4v) is 3.56. The van der Waals surface area contributed by atoms with Gasteiger partial charge in [-0.15, -0.1) is 11.3 Å². The molecule has 0 unspecified atom stereocenters. The highest BCUT2D eigenvalue weighted by Crippen LogP contribution is 2.25. The third kappa shape index (κ3) is 3.18. The number of nitrogens with zero attached hydrogens (tertiary/aromatic N) is 2. The quantitative estimate of drug-likeness (QED) is 0.754. The van der Waals surface area contributed by atoms with Crippen LogP contribution in [0.3, 0.4) is 0 Å². The van der Waals surface area contributed by atoms with E-state index in [0.717, 1.165) is 23.5 Å². The molecule has 4 rings (SSSR count). The minimum absolute atomic E-state index is 0.105. The lowest BCUT2D eigenvalue weighted by Gasteiger charge is -2.16. The van der Waals surface area contributed by atoms with Crippen molar-refractivity contribution in [2.24, 2.45) is 0 Å². The van der Waals surface area contributed by atoms with E-state index in [0.29, 0.717) is 23.7 Å². The summed E-state index contributed by atoms with van der Waals surface area (Å²) in [6, 6.07) is 11.0. The van der Waals surface area contributed by atoms with Crippen LogP contribution in [0.2, 0.25) is 0 Å². The van der Waals surface area contributed by atoms with Crippen LogP contribution in [0.15, 0.2) is 48.0 Å². The lowest BCUT2D eigenvalue weighted by atomic mass is 10.2. The minimum atomic E-state index is -0.235. The predicted octanol–water partition coefficient (Wildman–Crippen LogP) is 3.52. The van der Waals surface area contributed by atoms with E-state index in [4.69, 9.17) is 0 Å². The number of rotatable bonds is 4. The molecule has 7 heteroatoms. The van der Waals surface area contributed by atoms with Crippen molar-refractivity contribution in [1.82, 2.24) is 9.97 Å². The molecule has 25 heavy (non-hydrogen) atoms. The Kier molecular flexibility index (Phi) is 4.07. The van der Waals surface area contributed by atoms with E-state index in [1.54, 1.807) is 23.1 Å². The molecule has 3 heterocycles. The van der Waals surface area contributed by atoms with Crippen LogP contribution in [0.25, 0.3) is 11.4 Å². The van der Waals surface area contributed by atoms with E-state index in [1.165, 1.54) is 11.3 Å². The molecule has 0 spiro atoms.